The predicted molar refractivity (Wildman–Crippen MR) is 49.6 cm³/mol. The van der Waals surface area contributed by atoms with Gasteiger partial charge >= 0.3 is 6.18 Å². The van der Waals surface area contributed by atoms with Gasteiger partial charge in [-0.3, -0.25) is 0 Å². The first-order valence-corrected chi connectivity index (χ1v) is 4.44. The molecule has 14 heavy (non-hydrogen) atoms. The highest BCUT2D eigenvalue weighted by atomic mass is 35.5. The van der Waals surface area contributed by atoms with E-state index in [1.807, 2.05) is 0 Å². The Morgan fingerprint density at radius 2 is 2.00 bits per heavy atom. The van der Waals surface area contributed by atoms with Crippen LogP contribution in [0.3, 0.4) is 0 Å². The number of hydrogen-bond acceptors (Lipinski definition) is 2. The molecule has 1 saturated heterocycles. The molecule has 0 aromatic heterocycles. The predicted octanol–water partition coefficient (Wildman–Crippen LogP) is 1.67. The summed E-state index contributed by atoms with van der Waals surface area (Å²) in [6.45, 7) is 1.01. The van der Waals surface area contributed by atoms with Crippen molar-refractivity contribution in [3.63, 3.8) is 0 Å². The number of aliphatic hydroxyl groups excluding tert-OH is 1. The van der Waals surface area contributed by atoms with Crippen molar-refractivity contribution in [2.75, 3.05) is 26.2 Å². The third-order valence-corrected chi connectivity index (χ3v) is 2.38. The first kappa shape index (κ1) is 14.0. The third kappa shape index (κ3) is 4.02. The number of β-amino-alcohol motifs (C(OH)–C–C–N with tert-alkyl or cyclic N) is 1. The maximum Gasteiger partial charge on any atom is 0.393 e. The van der Waals surface area contributed by atoms with E-state index in [1.165, 1.54) is 0 Å². The Bertz CT molecular complexity index is 163. The summed E-state index contributed by atoms with van der Waals surface area (Å²) in [7, 11) is 0. The van der Waals surface area contributed by atoms with Crippen LogP contribution >= 0.6 is 12.4 Å². The van der Waals surface area contributed by atoms with E-state index in [2.05, 4.69) is 0 Å². The Hall–Kier alpha value is -0.0000000000000000555. The fraction of sp³-hybridized carbons (Fsp3) is 1.00. The van der Waals surface area contributed by atoms with Crippen molar-refractivity contribution in [3.8, 4) is 0 Å². The third-order valence-electron chi connectivity index (χ3n) is 2.38. The van der Waals surface area contributed by atoms with E-state index in [4.69, 9.17) is 5.11 Å². The summed E-state index contributed by atoms with van der Waals surface area (Å²) in [6.07, 6.45) is -3.27. The SMILES string of the molecule is Cl.OCCN1CCCC(C(F)(F)F)C1. The number of rotatable bonds is 2. The van der Waals surface area contributed by atoms with Gasteiger partial charge in [-0.1, -0.05) is 0 Å². The average Bonchev–Trinajstić information content (AvgIpc) is 2.04. The first-order valence-electron chi connectivity index (χ1n) is 4.44. The molecule has 2 nitrogen and oxygen atoms in total. The molecule has 0 spiro atoms. The first-order chi connectivity index (χ1) is 6.04. The fourth-order valence-electron chi connectivity index (χ4n) is 1.67. The van der Waals surface area contributed by atoms with Crippen molar-refractivity contribution in [2.45, 2.75) is 19.0 Å². The minimum absolute atomic E-state index is 0. The van der Waals surface area contributed by atoms with Crippen LogP contribution in [0.1, 0.15) is 12.8 Å². The lowest BCUT2D eigenvalue weighted by atomic mass is 9.98. The molecule has 0 aromatic carbocycles. The van der Waals surface area contributed by atoms with Crippen molar-refractivity contribution in [1.82, 2.24) is 4.90 Å². The van der Waals surface area contributed by atoms with E-state index in [9.17, 15) is 13.2 Å². The number of alkyl halides is 3. The second-order valence-corrected chi connectivity index (χ2v) is 3.40. The second kappa shape index (κ2) is 5.78. The molecule has 0 amide bonds. The Labute approximate surface area is 87.5 Å². The van der Waals surface area contributed by atoms with E-state index in [-0.39, 0.29) is 32.0 Å². The maximum atomic E-state index is 12.3. The normalized spacial score (nSPS) is 24.4. The van der Waals surface area contributed by atoms with Gasteiger partial charge in [0, 0.05) is 13.1 Å². The summed E-state index contributed by atoms with van der Waals surface area (Å²) in [4.78, 5) is 1.67. The topological polar surface area (TPSA) is 23.5 Å². The highest BCUT2D eigenvalue weighted by Gasteiger charge is 2.41. The Morgan fingerprint density at radius 1 is 1.36 bits per heavy atom. The Balaban J connectivity index is 0.00000169. The van der Waals surface area contributed by atoms with Gasteiger partial charge in [-0.2, -0.15) is 13.2 Å². The Morgan fingerprint density at radius 3 is 2.50 bits per heavy atom. The Kier molecular flexibility index (Phi) is 5.78. The molecule has 6 heteroatoms. The van der Waals surface area contributed by atoms with Gasteiger partial charge in [-0.15, -0.1) is 12.4 Å². The van der Waals surface area contributed by atoms with Gasteiger partial charge in [0.15, 0.2) is 0 Å². The summed E-state index contributed by atoms with van der Waals surface area (Å²) in [5.41, 5.74) is 0. The largest absolute Gasteiger partial charge is 0.395 e. The number of aliphatic hydroxyl groups is 1. The van der Waals surface area contributed by atoms with E-state index in [0.29, 0.717) is 19.5 Å². The van der Waals surface area contributed by atoms with Gasteiger partial charge in [-0.25, -0.2) is 0 Å². The highest BCUT2D eigenvalue weighted by molar-refractivity contribution is 5.85. The molecular formula is C8H15ClF3NO. The molecular weight excluding hydrogens is 219 g/mol. The van der Waals surface area contributed by atoms with Gasteiger partial charge in [0.1, 0.15) is 0 Å². The molecule has 1 unspecified atom stereocenters. The number of piperidine rings is 1. The average molecular weight is 234 g/mol. The van der Waals surface area contributed by atoms with E-state index < -0.39 is 12.1 Å². The van der Waals surface area contributed by atoms with Crippen LogP contribution in [0.5, 0.6) is 0 Å². The van der Waals surface area contributed by atoms with Crippen LogP contribution in [0.4, 0.5) is 13.2 Å². The van der Waals surface area contributed by atoms with E-state index >= 15 is 0 Å². The molecule has 0 radical (unpaired) electrons. The smallest absolute Gasteiger partial charge is 0.393 e. The fourth-order valence-corrected chi connectivity index (χ4v) is 1.67. The van der Waals surface area contributed by atoms with Crippen molar-refractivity contribution < 1.29 is 18.3 Å². The molecule has 0 aliphatic carbocycles. The van der Waals surface area contributed by atoms with Crippen LogP contribution in [-0.4, -0.2) is 42.4 Å². The summed E-state index contributed by atoms with van der Waals surface area (Å²) in [6, 6.07) is 0. The number of nitrogens with zero attached hydrogens (tertiary/aromatic N) is 1. The zero-order valence-corrected chi connectivity index (χ0v) is 8.57. The van der Waals surface area contributed by atoms with Gasteiger partial charge in [0.25, 0.3) is 0 Å². The van der Waals surface area contributed by atoms with Gasteiger partial charge in [0.05, 0.1) is 12.5 Å². The quantitative estimate of drug-likeness (QED) is 0.785. The van der Waals surface area contributed by atoms with Crippen molar-refractivity contribution in [1.29, 1.82) is 0 Å². The van der Waals surface area contributed by atoms with Crippen LogP contribution < -0.4 is 0 Å². The summed E-state index contributed by atoms with van der Waals surface area (Å²) in [5, 5.41) is 8.58. The highest BCUT2D eigenvalue weighted by Crippen LogP contribution is 2.32. The lowest BCUT2D eigenvalue weighted by Gasteiger charge is -2.33. The zero-order chi connectivity index (χ0) is 9.90. The van der Waals surface area contributed by atoms with Crippen LogP contribution in [-0.2, 0) is 0 Å². The minimum atomic E-state index is -4.08. The second-order valence-electron chi connectivity index (χ2n) is 3.40. The molecule has 0 aromatic rings. The van der Waals surface area contributed by atoms with E-state index in [1.54, 1.807) is 4.90 Å². The monoisotopic (exact) mass is 233 g/mol. The van der Waals surface area contributed by atoms with Gasteiger partial charge < -0.3 is 10.0 Å². The molecule has 1 atom stereocenters. The molecule has 1 heterocycles. The lowest BCUT2D eigenvalue weighted by Crippen LogP contribution is -2.42. The lowest BCUT2D eigenvalue weighted by molar-refractivity contribution is -0.186. The molecule has 0 saturated carbocycles. The summed E-state index contributed by atoms with van der Waals surface area (Å²) in [5.74, 6) is -1.20. The van der Waals surface area contributed by atoms with Gasteiger partial charge in [0.2, 0.25) is 0 Å². The van der Waals surface area contributed by atoms with Crippen LogP contribution in [0.25, 0.3) is 0 Å². The number of likely N-dealkylation sites (tertiary alicyclic amines) is 1. The molecule has 1 fully saturated rings. The van der Waals surface area contributed by atoms with Crippen molar-refractivity contribution >= 4 is 12.4 Å². The van der Waals surface area contributed by atoms with Crippen molar-refractivity contribution in [2.24, 2.45) is 5.92 Å². The van der Waals surface area contributed by atoms with E-state index in [0.717, 1.165) is 0 Å². The maximum absolute atomic E-state index is 12.3. The molecule has 1 aliphatic rings. The minimum Gasteiger partial charge on any atom is -0.395 e. The molecule has 1 N–H and O–H groups in total. The van der Waals surface area contributed by atoms with Crippen LogP contribution in [0, 0.1) is 5.92 Å². The number of halogens is 4. The molecule has 0 bridgehead atoms. The zero-order valence-electron chi connectivity index (χ0n) is 7.76. The van der Waals surface area contributed by atoms with Crippen molar-refractivity contribution in [3.05, 3.63) is 0 Å². The van der Waals surface area contributed by atoms with Crippen LogP contribution in [0.2, 0.25) is 0 Å². The summed E-state index contributed by atoms with van der Waals surface area (Å²) >= 11 is 0. The molecule has 86 valence electrons. The van der Waals surface area contributed by atoms with Crippen LogP contribution in [0.15, 0.2) is 0 Å². The molecule has 1 aliphatic heterocycles. The molecule has 1 rings (SSSR count). The number of hydrogen-bond donors (Lipinski definition) is 1. The summed E-state index contributed by atoms with van der Waals surface area (Å²) < 4.78 is 36.8. The standard InChI is InChI=1S/C8H14F3NO.ClH/c9-8(10,11)7-2-1-3-12(6-7)4-5-13;/h7,13H,1-6H2;1H. The van der Waals surface area contributed by atoms with Gasteiger partial charge in [-0.05, 0) is 19.4 Å².